The molecule has 0 saturated carbocycles. The largest absolute Gasteiger partial charge is 0.545 e. The highest BCUT2D eigenvalue weighted by Gasteiger charge is 2.22. The summed E-state index contributed by atoms with van der Waals surface area (Å²) in [6.07, 6.45) is 116. The number of likely N-dealkylation sites (N-methyl/N-ethyl adjacent to an activating group) is 1. The van der Waals surface area contributed by atoms with Gasteiger partial charge in [0.05, 0.1) is 40.3 Å². The number of ether oxygens (including phenoxy) is 4. The smallest absolute Gasteiger partial charge is 0.306 e. The van der Waals surface area contributed by atoms with E-state index in [0.29, 0.717) is 23.9 Å². The van der Waals surface area contributed by atoms with E-state index in [1.807, 2.05) is 21.1 Å². The fourth-order valence-electron chi connectivity index (χ4n) is 13.7. The molecule has 0 saturated heterocycles. The molecule has 0 aromatic heterocycles. The summed E-state index contributed by atoms with van der Waals surface area (Å²) in [6.45, 7) is 4.71. The van der Waals surface area contributed by atoms with Crippen molar-refractivity contribution in [1.29, 1.82) is 0 Å². The Hall–Kier alpha value is -3.53. The number of hydrogen-bond acceptors (Lipinski definition) is 8. The molecular formula is C96H175NO8. The van der Waals surface area contributed by atoms with Crippen LogP contribution >= 0.6 is 0 Å². The molecule has 0 N–H and O–H groups in total. The third-order valence-corrected chi connectivity index (χ3v) is 20.6. The van der Waals surface area contributed by atoms with Gasteiger partial charge in [0.2, 0.25) is 0 Å². The van der Waals surface area contributed by atoms with Crippen LogP contribution in [-0.2, 0) is 33.3 Å². The molecule has 9 heteroatoms. The summed E-state index contributed by atoms with van der Waals surface area (Å²) in [6, 6.07) is 0. The zero-order chi connectivity index (χ0) is 76.0. The van der Waals surface area contributed by atoms with Crippen molar-refractivity contribution in [1.82, 2.24) is 0 Å². The van der Waals surface area contributed by atoms with E-state index >= 15 is 0 Å². The van der Waals surface area contributed by atoms with Crippen LogP contribution in [0.5, 0.6) is 0 Å². The van der Waals surface area contributed by atoms with Crippen LogP contribution in [0.1, 0.15) is 450 Å². The summed E-state index contributed by atoms with van der Waals surface area (Å²) in [5, 5.41) is 11.9. The second kappa shape index (κ2) is 86.1. The summed E-state index contributed by atoms with van der Waals surface area (Å²) >= 11 is 0. The van der Waals surface area contributed by atoms with Crippen LogP contribution < -0.4 is 5.11 Å². The van der Waals surface area contributed by atoms with Gasteiger partial charge in [0.15, 0.2) is 12.4 Å². The predicted molar refractivity (Wildman–Crippen MR) is 454 cm³/mol. The van der Waals surface area contributed by atoms with E-state index < -0.39 is 24.3 Å². The van der Waals surface area contributed by atoms with Crippen LogP contribution in [0.4, 0.5) is 0 Å². The molecule has 0 fully saturated rings. The van der Waals surface area contributed by atoms with E-state index in [-0.39, 0.29) is 32.2 Å². The third kappa shape index (κ3) is 87.6. The van der Waals surface area contributed by atoms with Crippen molar-refractivity contribution in [2.45, 2.75) is 463 Å². The fourth-order valence-corrected chi connectivity index (χ4v) is 13.7. The van der Waals surface area contributed by atoms with Gasteiger partial charge in [0.1, 0.15) is 13.2 Å². The number of aliphatic carboxylic acids is 1. The minimum absolute atomic E-state index is 0.149. The lowest BCUT2D eigenvalue weighted by atomic mass is 10.0. The molecule has 612 valence electrons. The molecule has 0 aliphatic heterocycles. The van der Waals surface area contributed by atoms with Gasteiger partial charge in [-0.15, -0.1) is 0 Å². The second-order valence-corrected chi connectivity index (χ2v) is 32.2. The molecule has 2 atom stereocenters. The van der Waals surface area contributed by atoms with Crippen molar-refractivity contribution in [2.75, 3.05) is 47.5 Å². The van der Waals surface area contributed by atoms with Crippen molar-refractivity contribution >= 4 is 17.9 Å². The molecule has 0 aliphatic carbocycles. The van der Waals surface area contributed by atoms with E-state index in [4.69, 9.17) is 18.9 Å². The first-order valence-electron chi connectivity index (χ1n) is 45.7. The molecule has 0 aliphatic rings. The second-order valence-electron chi connectivity index (χ2n) is 32.2. The highest BCUT2D eigenvalue weighted by Crippen LogP contribution is 2.21. The average Bonchev–Trinajstić information content (AvgIpc) is 1.97. The molecular weight excluding hydrogens is 1300 g/mol. The molecule has 2 unspecified atom stereocenters. The average molecular weight is 1470 g/mol. The summed E-state index contributed by atoms with van der Waals surface area (Å²) in [7, 11) is 5.96. The van der Waals surface area contributed by atoms with Crippen molar-refractivity contribution in [3.8, 4) is 0 Å². The molecule has 105 heavy (non-hydrogen) atoms. The lowest BCUT2D eigenvalue weighted by molar-refractivity contribution is -0.870. The number of hydrogen-bond donors (Lipinski definition) is 0. The minimum atomic E-state index is -1.62. The SMILES string of the molecule is CC/C=C\C/C=C\C/C=C\C/C=C\C/C=C\C/C=C\CCCCCCCCCCCCCCCCCCCCCCC(=O)OC(COC(=O)CCCCCCCCCCCCCCCCCCCCCCCCCCCCCCC/C=C\CCCCCCCCCC)COC(OCC[N+](C)(C)C)C(=O)[O-]. The van der Waals surface area contributed by atoms with Crippen molar-refractivity contribution in [3.05, 3.63) is 85.1 Å². The van der Waals surface area contributed by atoms with E-state index in [0.717, 1.165) is 70.6 Å². The Morgan fingerprint density at radius 3 is 0.819 bits per heavy atom. The number of rotatable bonds is 86. The molecule has 0 radical (unpaired) electrons. The van der Waals surface area contributed by atoms with Crippen LogP contribution in [0.15, 0.2) is 85.1 Å². The van der Waals surface area contributed by atoms with Crippen LogP contribution in [0, 0.1) is 0 Å². The Labute approximate surface area is 652 Å². The maximum absolute atomic E-state index is 13.0. The van der Waals surface area contributed by atoms with Gasteiger partial charge in [-0.1, -0.05) is 433 Å². The van der Waals surface area contributed by atoms with Crippen LogP contribution in [0.2, 0.25) is 0 Å². The first-order valence-corrected chi connectivity index (χ1v) is 45.7. The van der Waals surface area contributed by atoms with Crippen molar-refractivity contribution < 1.29 is 42.9 Å². The quantitative estimate of drug-likeness (QED) is 0.0195. The maximum Gasteiger partial charge on any atom is 0.306 e. The monoisotopic (exact) mass is 1470 g/mol. The van der Waals surface area contributed by atoms with Crippen molar-refractivity contribution in [2.24, 2.45) is 0 Å². The first kappa shape index (κ1) is 101. The van der Waals surface area contributed by atoms with Crippen LogP contribution in [0.25, 0.3) is 0 Å². The number of esters is 2. The molecule has 0 bridgehead atoms. The summed E-state index contributed by atoms with van der Waals surface area (Å²) in [4.78, 5) is 37.7. The number of carboxylic acids is 1. The topological polar surface area (TPSA) is 111 Å². The van der Waals surface area contributed by atoms with E-state index in [2.05, 4.69) is 98.9 Å². The fraction of sp³-hybridized carbons (Fsp3) is 0.823. The lowest BCUT2D eigenvalue weighted by Gasteiger charge is -2.26. The van der Waals surface area contributed by atoms with Gasteiger partial charge in [0.25, 0.3) is 0 Å². The number of allylic oxidation sites excluding steroid dienone is 14. The molecule has 0 rings (SSSR count). The van der Waals surface area contributed by atoms with Gasteiger partial charge in [-0.25, -0.2) is 0 Å². The molecule has 0 heterocycles. The van der Waals surface area contributed by atoms with Gasteiger partial charge >= 0.3 is 11.9 Å². The van der Waals surface area contributed by atoms with Crippen LogP contribution in [0.3, 0.4) is 0 Å². The minimum Gasteiger partial charge on any atom is -0.545 e. The molecule has 0 amide bonds. The Morgan fingerprint density at radius 1 is 0.295 bits per heavy atom. The zero-order valence-corrected chi connectivity index (χ0v) is 70.4. The molecule has 0 aromatic carbocycles. The van der Waals surface area contributed by atoms with Gasteiger partial charge in [-0.05, 0) is 89.9 Å². The highest BCUT2D eigenvalue weighted by atomic mass is 16.7. The molecule has 0 spiro atoms. The van der Waals surface area contributed by atoms with Crippen LogP contribution in [-0.4, -0.2) is 82.3 Å². The number of carbonyl (C=O) groups excluding carboxylic acids is 3. The third-order valence-electron chi connectivity index (χ3n) is 20.6. The maximum atomic E-state index is 13.0. The number of carboxylic acid groups (broad SMARTS) is 1. The Bertz CT molecular complexity index is 2010. The number of carbonyl (C=O) groups is 3. The van der Waals surface area contributed by atoms with E-state index in [1.165, 1.54) is 347 Å². The molecule has 0 aromatic rings. The Kier molecular flexibility index (Phi) is 83.2. The number of nitrogens with zero attached hydrogens (tertiary/aromatic N) is 1. The highest BCUT2D eigenvalue weighted by molar-refractivity contribution is 5.70. The van der Waals surface area contributed by atoms with Gasteiger partial charge in [-0.2, -0.15) is 0 Å². The van der Waals surface area contributed by atoms with Gasteiger partial charge in [-0.3, -0.25) is 9.59 Å². The summed E-state index contributed by atoms with van der Waals surface area (Å²) in [5.74, 6) is -2.25. The Balaban J connectivity index is 3.90. The zero-order valence-electron chi connectivity index (χ0n) is 70.4. The van der Waals surface area contributed by atoms with E-state index in [9.17, 15) is 19.5 Å². The standard InChI is InChI=1S/C96H175NO8/c1-6-8-10-12-14-16-18-20-22-24-26-28-30-32-34-36-38-40-42-44-46-47-49-50-52-54-56-58-60-62-64-66-68-70-72-74-76-78-80-82-84-86-93(98)103-90-92(91-104-96(95(100)101)102-89-88-97(3,4)5)105-94(99)87-85-83-81-79-77-75-73-71-69-67-65-63-61-59-57-55-53-51-48-45-43-41-39-37-35-33-31-29-27-25-23-21-19-17-15-13-11-9-7-2/h9,11,15,17,21,23-24,26-27,29,33,35,39,41,92,96H,6-8,10,12-14,16,18-20,22,25,28,30-32,34,36-38,40,42-91H2,1-5H3/b11-9-,17-15-,23-21-,26-24-,29-27-,35-33-,41-39-. The molecule has 9 nitrogen and oxygen atoms in total. The summed E-state index contributed by atoms with van der Waals surface area (Å²) in [5.41, 5.74) is 0. The first-order chi connectivity index (χ1) is 51.6. The number of quaternary nitrogens is 1. The summed E-state index contributed by atoms with van der Waals surface area (Å²) < 4.78 is 22.9. The van der Waals surface area contributed by atoms with Crippen molar-refractivity contribution in [3.63, 3.8) is 0 Å². The van der Waals surface area contributed by atoms with E-state index in [1.54, 1.807) is 0 Å². The van der Waals surface area contributed by atoms with Gasteiger partial charge in [0, 0.05) is 12.8 Å². The lowest BCUT2D eigenvalue weighted by Crippen LogP contribution is -2.44. The van der Waals surface area contributed by atoms with Gasteiger partial charge < -0.3 is 33.3 Å². The number of unbranched alkanes of at least 4 members (excludes halogenated alkanes) is 57. The normalized spacial score (nSPS) is 13.0. The Morgan fingerprint density at radius 2 is 0.543 bits per heavy atom. The predicted octanol–water partition coefficient (Wildman–Crippen LogP) is 28.7.